The second-order valence-electron chi connectivity index (χ2n) is 6.83. The first-order valence-corrected chi connectivity index (χ1v) is 10.2. The molecule has 1 aromatic heterocycles. The Labute approximate surface area is 168 Å². The van der Waals surface area contributed by atoms with Crippen LogP contribution in [0.2, 0.25) is 0 Å². The predicted octanol–water partition coefficient (Wildman–Crippen LogP) is 2.56. The zero-order valence-electron chi connectivity index (χ0n) is 15.8. The van der Waals surface area contributed by atoms with Gasteiger partial charge in [-0.1, -0.05) is 36.4 Å². The Balaban J connectivity index is 1.57. The summed E-state index contributed by atoms with van der Waals surface area (Å²) in [5.41, 5.74) is 1.17. The van der Waals surface area contributed by atoms with Crippen LogP contribution < -0.4 is 5.32 Å². The maximum Gasteiger partial charge on any atom is 0.307 e. The molecule has 2 aromatic rings. The second-order valence-corrected chi connectivity index (χ2v) is 7.81. The van der Waals surface area contributed by atoms with Crippen LogP contribution in [0, 0.1) is 5.92 Å². The highest BCUT2D eigenvalue weighted by molar-refractivity contribution is 7.10. The normalized spacial score (nSPS) is 17.4. The van der Waals surface area contributed by atoms with Crippen molar-refractivity contribution in [2.45, 2.75) is 25.3 Å². The molecule has 0 aliphatic carbocycles. The van der Waals surface area contributed by atoms with Gasteiger partial charge in [0.2, 0.25) is 11.8 Å². The number of esters is 1. The third-order valence-corrected chi connectivity index (χ3v) is 5.89. The molecule has 2 unspecified atom stereocenters. The minimum atomic E-state index is -0.437. The number of hydrogen-bond acceptors (Lipinski definition) is 5. The molecule has 6 nitrogen and oxygen atoms in total. The minimum Gasteiger partial charge on any atom is -0.469 e. The number of nitrogens with one attached hydrogen (secondary N) is 1. The van der Waals surface area contributed by atoms with Gasteiger partial charge >= 0.3 is 5.97 Å². The second kappa shape index (κ2) is 9.50. The molecule has 0 radical (unpaired) electrons. The van der Waals surface area contributed by atoms with Gasteiger partial charge in [0, 0.05) is 24.4 Å². The monoisotopic (exact) mass is 400 g/mol. The van der Waals surface area contributed by atoms with Gasteiger partial charge in [0.15, 0.2) is 0 Å². The highest BCUT2D eigenvalue weighted by Crippen LogP contribution is 2.25. The molecule has 1 N–H and O–H groups in total. The first kappa shape index (κ1) is 20.1. The average molecular weight is 401 g/mol. The molecule has 148 valence electrons. The number of methoxy groups -OCH3 is 1. The van der Waals surface area contributed by atoms with Crippen molar-refractivity contribution >= 4 is 29.1 Å². The van der Waals surface area contributed by atoms with E-state index in [1.807, 2.05) is 47.8 Å². The average Bonchev–Trinajstić information content (AvgIpc) is 3.36. The first-order valence-electron chi connectivity index (χ1n) is 9.29. The Morgan fingerprint density at radius 1 is 1.25 bits per heavy atom. The van der Waals surface area contributed by atoms with Crippen LogP contribution in [-0.4, -0.2) is 42.9 Å². The summed E-state index contributed by atoms with van der Waals surface area (Å²) in [4.78, 5) is 39.4. The van der Waals surface area contributed by atoms with E-state index in [-0.39, 0.29) is 30.6 Å². The lowest BCUT2D eigenvalue weighted by molar-refractivity contribution is -0.141. The maximum atomic E-state index is 12.7. The van der Waals surface area contributed by atoms with Gasteiger partial charge in [-0.2, -0.15) is 0 Å². The number of thiophene rings is 1. The number of rotatable bonds is 8. The Bertz CT molecular complexity index is 807. The number of carbonyl (C=O) groups is 3. The molecule has 7 heteroatoms. The highest BCUT2D eigenvalue weighted by atomic mass is 32.1. The van der Waals surface area contributed by atoms with Gasteiger partial charge in [0.1, 0.15) is 0 Å². The molecule has 28 heavy (non-hydrogen) atoms. The van der Waals surface area contributed by atoms with Crippen molar-refractivity contribution in [3.05, 3.63) is 58.3 Å². The standard InChI is InChI=1S/C21H24N2O4S/c1-27-20(25)13-17(18-8-5-11-28-18)22-21(26)16-12-19(24)23(14-16)10-9-15-6-3-2-4-7-15/h2-8,11,16-17H,9-10,12-14H2,1H3,(H,22,26). The lowest BCUT2D eigenvalue weighted by Crippen LogP contribution is -2.36. The van der Waals surface area contributed by atoms with Crippen molar-refractivity contribution in [2.24, 2.45) is 5.92 Å². The summed E-state index contributed by atoms with van der Waals surface area (Å²) >= 11 is 1.48. The third-order valence-electron chi connectivity index (χ3n) is 4.90. The summed E-state index contributed by atoms with van der Waals surface area (Å²) in [6.07, 6.45) is 1.04. The molecular formula is C21H24N2O4S. The zero-order chi connectivity index (χ0) is 19.9. The first-order chi connectivity index (χ1) is 13.6. The molecule has 1 aliphatic heterocycles. The Morgan fingerprint density at radius 3 is 2.71 bits per heavy atom. The summed E-state index contributed by atoms with van der Waals surface area (Å²) in [6, 6.07) is 13.3. The maximum absolute atomic E-state index is 12.7. The summed E-state index contributed by atoms with van der Waals surface area (Å²) < 4.78 is 4.75. The van der Waals surface area contributed by atoms with Crippen molar-refractivity contribution in [2.75, 3.05) is 20.2 Å². The topological polar surface area (TPSA) is 75.7 Å². The fraction of sp³-hybridized carbons (Fsp3) is 0.381. The number of nitrogens with zero attached hydrogens (tertiary/aromatic N) is 1. The van der Waals surface area contributed by atoms with Crippen LogP contribution in [0.1, 0.15) is 29.3 Å². The predicted molar refractivity (Wildman–Crippen MR) is 107 cm³/mol. The van der Waals surface area contributed by atoms with Crippen molar-refractivity contribution in [1.82, 2.24) is 10.2 Å². The molecule has 1 aliphatic rings. The van der Waals surface area contributed by atoms with Crippen molar-refractivity contribution in [3.63, 3.8) is 0 Å². The Kier molecular flexibility index (Phi) is 6.81. The van der Waals surface area contributed by atoms with Crippen LogP contribution in [0.3, 0.4) is 0 Å². The fourth-order valence-corrected chi connectivity index (χ4v) is 4.10. The Hall–Kier alpha value is -2.67. The van der Waals surface area contributed by atoms with E-state index >= 15 is 0 Å². The van der Waals surface area contributed by atoms with Crippen LogP contribution in [0.4, 0.5) is 0 Å². The Morgan fingerprint density at radius 2 is 2.04 bits per heavy atom. The number of amides is 2. The zero-order valence-corrected chi connectivity index (χ0v) is 16.6. The smallest absolute Gasteiger partial charge is 0.307 e. The number of hydrogen-bond donors (Lipinski definition) is 1. The largest absolute Gasteiger partial charge is 0.469 e. The van der Waals surface area contributed by atoms with Crippen molar-refractivity contribution in [1.29, 1.82) is 0 Å². The molecule has 1 fully saturated rings. The van der Waals surface area contributed by atoms with Gasteiger partial charge in [-0.25, -0.2) is 0 Å². The SMILES string of the molecule is COC(=O)CC(NC(=O)C1CC(=O)N(CCc2ccccc2)C1)c1cccs1. The van der Waals surface area contributed by atoms with Crippen LogP contribution in [0.5, 0.6) is 0 Å². The molecule has 1 saturated heterocycles. The van der Waals surface area contributed by atoms with Crippen LogP contribution in [-0.2, 0) is 25.5 Å². The van der Waals surface area contributed by atoms with Crippen molar-refractivity contribution < 1.29 is 19.1 Å². The third kappa shape index (κ3) is 5.19. The number of ether oxygens (including phenoxy) is 1. The van der Waals surface area contributed by atoms with Gasteiger partial charge in [-0.3, -0.25) is 14.4 Å². The van der Waals surface area contributed by atoms with Gasteiger partial charge in [0.25, 0.3) is 0 Å². The lowest BCUT2D eigenvalue weighted by atomic mass is 10.1. The molecule has 2 atom stereocenters. The van der Waals surface area contributed by atoms with E-state index in [1.165, 1.54) is 24.0 Å². The summed E-state index contributed by atoms with van der Waals surface area (Å²) in [6.45, 7) is 1.01. The molecule has 3 rings (SSSR count). The quantitative estimate of drug-likeness (QED) is 0.691. The van der Waals surface area contributed by atoms with Gasteiger partial charge in [0.05, 0.1) is 25.5 Å². The van der Waals surface area contributed by atoms with E-state index in [4.69, 9.17) is 4.74 Å². The fourth-order valence-electron chi connectivity index (χ4n) is 3.32. The van der Waals surface area contributed by atoms with E-state index < -0.39 is 12.0 Å². The summed E-state index contributed by atoms with van der Waals surface area (Å²) in [5, 5.41) is 4.83. The summed E-state index contributed by atoms with van der Waals surface area (Å²) in [5.74, 6) is -0.983. The van der Waals surface area contributed by atoms with Gasteiger partial charge < -0.3 is 15.0 Å². The van der Waals surface area contributed by atoms with Crippen molar-refractivity contribution in [3.8, 4) is 0 Å². The van der Waals surface area contributed by atoms with E-state index in [2.05, 4.69) is 5.32 Å². The molecule has 1 aromatic carbocycles. The molecule has 2 amide bonds. The van der Waals surface area contributed by atoms with E-state index in [0.29, 0.717) is 13.1 Å². The van der Waals surface area contributed by atoms with Crippen LogP contribution in [0.15, 0.2) is 47.8 Å². The number of likely N-dealkylation sites (tertiary alicyclic amines) is 1. The van der Waals surface area contributed by atoms with Gasteiger partial charge in [-0.15, -0.1) is 11.3 Å². The number of benzene rings is 1. The van der Waals surface area contributed by atoms with E-state index in [0.717, 1.165) is 11.3 Å². The minimum absolute atomic E-state index is 0.00303. The van der Waals surface area contributed by atoms with Gasteiger partial charge in [-0.05, 0) is 23.4 Å². The van der Waals surface area contributed by atoms with E-state index in [1.54, 1.807) is 4.90 Å². The van der Waals surface area contributed by atoms with Crippen LogP contribution in [0.25, 0.3) is 0 Å². The van der Waals surface area contributed by atoms with Crippen LogP contribution >= 0.6 is 11.3 Å². The lowest BCUT2D eigenvalue weighted by Gasteiger charge is -2.20. The summed E-state index contributed by atoms with van der Waals surface area (Å²) in [7, 11) is 1.33. The molecular weight excluding hydrogens is 376 g/mol. The molecule has 0 saturated carbocycles. The molecule has 0 spiro atoms. The number of carbonyl (C=O) groups excluding carboxylic acids is 3. The molecule has 2 heterocycles. The van der Waals surface area contributed by atoms with E-state index in [9.17, 15) is 14.4 Å². The molecule has 0 bridgehead atoms. The highest BCUT2D eigenvalue weighted by Gasteiger charge is 2.35.